The van der Waals surface area contributed by atoms with Crippen molar-refractivity contribution in [3.63, 3.8) is 0 Å². The van der Waals surface area contributed by atoms with E-state index in [0.717, 1.165) is 19.3 Å². The number of hydrogen-bond donors (Lipinski definition) is 3. The second-order valence-electron chi connectivity index (χ2n) is 4.74. The lowest BCUT2D eigenvalue weighted by atomic mass is 10.1. The molecule has 2 atom stereocenters. The van der Waals surface area contributed by atoms with Gasteiger partial charge in [-0.15, -0.1) is 0 Å². The molecule has 0 amide bonds. The summed E-state index contributed by atoms with van der Waals surface area (Å²) in [7, 11) is 0. The molecule has 1 fully saturated rings. The molecule has 19 heavy (non-hydrogen) atoms. The molecule has 1 saturated carbocycles. The fourth-order valence-corrected chi connectivity index (χ4v) is 3.18. The van der Waals surface area contributed by atoms with Gasteiger partial charge in [0.15, 0.2) is 0 Å². The van der Waals surface area contributed by atoms with Crippen LogP contribution in [0, 0.1) is 5.82 Å². The van der Waals surface area contributed by atoms with E-state index in [-0.39, 0.29) is 11.7 Å². The molecule has 2 unspecified atom stereocenters. The number of anilines is 2. The molecule has 104 valence electrons. The minimum Gasteiger partial charge on any atom is -0.478 e. The van der Waals surface area contributed by atoms with Crippen molar-refractivity contribution >= 4 is 29.1 Å². The van der Waals surface area contributed by atoms with E-state index in [2.05, 4.69) is 11.6 Å². The van der Waals surface area contributed by atoms with Crippen molar-refractivity contribution in [2.45, 2.75) is 30.6 Å². The summed E-state index contributed by atoms with van der Waals surface area (Å²) in [5.41, 5.74) is 6.13. The summed E-state index contributed by atoms with van der Waals surface area (Å²) >= 11 is 1.84. The summed E-state index contributed by atoms with van der Waals surface area (Å²) in [6, 6.07) is 2.61. The molecule has 0 heterocycles. The maximum atomic E-state index is 13.6. The summed E-state index contributed by atoms with van der Waals surface area (Å²) in [5, 5.41) is 12.6. The van der Waals surface area contributed by atoms with E-state index in [0.29, 0.717) is 10.9 Å². The normalized spacial score (nSPS) is 22.4. The molecule has 6 heteroatoms. The van der Waals surface area contributed by atoms with Crippen LogP contribution in [0.3, 0.4) is 0 Å². The van der Waals surface area contributed by atoms with Crippen molar-refractivity contribution in [1.82, 2.24) is 0 Å². The van der Waals surface area contributed by atoms with E-state index in [1.54, 1.807) is 0 Å². The molecule has 0 saturated heterocycles. The standard InChI is InChI=1S/C13H17FN2O2S/c1-19-8-3-2-7(4-8)16-12-6-10(14)9(13(17)18)5-11(12)15/h5-8,16H,2-4,15H2,1H3,(H,17,18). The average molecular weight is 284 g/mol. The van der Waals surface area contributed by atoms with Crippen LogP contribution in [0.4, 0.5) is 15.8 Å². The van der Waals surface area contributed by atoms with Gasteiger partial charge >= 0.3 is 5.97 Å². The van der Waals surface area contributed by atoms with E-state index in [4.69, 9.17) is 10.8 Å². The van der Waals surface area contributed by atoms with Crippen molar-refractivity contribution in [3.05, 3.63) is 23.5 Å². The highest BCUT2D eigenvalue weighted by Crippen LogP contribution is 2.32. The Kier molecular flexibility index (Phi) is 4.19. The van der Waals surface area contributed by atoms with Gasteiger partial charge in [-0.1, -0.05) is 0 Å². The number of halogens is 1. The number of hydrogen-bond acceptors (Lipinski definition) is 4. The van der Waals surface area contributed by atoms with Gasteiger partial charge in [-0.3, -0.25) is 0 Å². The number of carbonyl (C=O) groups is 1. The van der Waals surface area contributed by atoms with E-state index in [9.17, 15) is 9.18 Å². The lowest BCUT2D eigenvalue weighted by Crippen LogP contribution is -2.17. The quantitative estimate of drug-likeness (QED) is 0.741. The highest BCUT2D eigenvalue weighted by Gasteiger charge is 2.24. The van der Waals surface area contributed by atoms with Gasteiger partial charge < -0.3 is 16.2 Å². The zero-order valence-electron chi connectivity index (χ0n) is 10.6. The van der Waals surface area contributed by atoms with Crippen LogP contribution in [0.2, 0.25) is 0 Å². The van der Waals surface area contributed by atoms with Gasteiger partial charge in [-0.25, -0.2) is 9.18 Å². The number of carboxylic acid groups (broad SMARTS) is 1. The fourth-order valence-electron chi connectivity index (χ4n) is 2.38. The average Bonchev–Trinajstić information content (AvgIpc) is 2.80. The monoisotopic (exact) mass is 284 g/mol. The number of carboxylic acids is 1. The smallest absolute Gasteiger partial charge is 0.338 e. The van der Waals surface area contributed by atoms with Crippen molar-refractivity contribution in [1.29, 1.82) is 0 Å². The highest BCUT2D eigenvalue weighted by atomic mass is 32.2. The molecule has 0 aliphatic heterocycles. The Morgan fingerprint density at radius 3 is 2.84 bits per heavy atom. The van der Waals surface area contributed by atoms with Gasteiger partial charge in [0.1, 0.15) is 5.82 Å². The number of nitrogen functional groups attached to an aromatic ring is 1. The topological polar surface area (TPSA) is 75.3 Å². The van der Waals surface area contributed by atoms with Gasteiger partial charge in [0.25, 0.3) is 0 Å². The lowest BCUT2D eigenvalue weighted by Gasteiger charge is -2.16. The van der Waals surface area contributed by atoms with Gasteiger partial charge in [-0.2, -0.15) is 11.8 Å². The third-order valence-corrected chi connectivity index (χ3v) is 4.54. The molecule has 1 aliphatic rings. The Hall–Kier alpha value is -1.43. The number of benzene rings is 1. The summed E-state index contributed by atoms with van der Waals surface area (Å²) in [4.78, 5) is 10.8. The van der Waals surface area contributed by atoms with Crippen molar-refractivity contribution in [3.8, 4) is 0 Å². The molecule has 0 radical (unpaired) electrons. The van der Waals surface area contributed by atoms with Crippen LogP contribution in [0.15, 0.2) is 12.1 Å². The van der Waals surface area contributed by atoms with Crippen LogP contribution >= 0.6 is 11.8 Å². The number of thioether (sulfide) groups is 1. The molecule has 1 aliphatic carbocycles. The molecule has 1 aromatic rings. The van der Waals surface area contributed by atoms with Gasteiger partial charge in [0.2, 0.25) is 0 Å². The maximum Gasteiger partial charge on any atom is 0.338 e. The van der Waals surface area contributed by atoms with Gasteiger partial charge in [-0.05, 0) is 37.7 Å². The summed E-state index contributed by atoms with van der Waals surface area (Å²) in [6.07, 6.45) is 5.26. The predicted molar refractivity (Wildman–Crippen MR) is 76.3 cm³/mol. The molecule has 4 N–H and O–H groups in total. The molecule has 0 bridgehead atoms. The van der Waals surface area contributed by atoms with Gasteiger partial charge in [0, 0.05) is 11.3 Å². The fraction of sp³-hybridized carbons (Fsp3) is 0.462. The van der Waals surface area contributed by atoms with Crippen molar-refractivity contribution in [2.75, 3.05) is 17.3 Å². The van der Waals surface area contributed by atoms with Crippen molar-refractivity contribution < 1.29 is 14.3 Å². The molecule has 2 rings (SSSR count). The predicted octanol–water partition coefficient (Wildman–Crippen LogP) is 2.80. The van der Waals surface area contributed by atoms with E-state index in [1.165, 1.54) is 12.1 Å². The first-order valence-electron chi connectivity index (χ1n) is 6.13. The van der Waals surface area contributed by atoms with Crippen LogP contribution in [-0.4, -0.2) is 28.6 Å². The summed E-state index contributed by atoms with van der Waals surface area (Å²) < 4.78 is 13.6. The summed E-state index contributed by atoms with van der Waals surface area (Å²) in [6.45, 7) is 0. The Morgan fingerprint density at radius 1 is 1.53 bits per heavy atom. The van der Waals surface area contributed by atoms with Crippen LogP contribution in [-0.2, 0) is 0 Å². The molecular formula is C13H17FN2O2S. The third kappa shape index (κ3) is 3.12. The Morgan fingerprint density at radius 2 is 2.26 bits per heavy atom. The third-order valence-electron chi connectivity index (χ3n) is 3.45. The van der Waals surface area contributed by atoms with E-state index < -0.39 is 17.3 Å². The van der Waals surface area contributed by atoms with Crippen molar-refractivity contribution in [2.24, 2.45) is 0 Å². The summed E-state index contributed by atoms with van der Waals surface area (Å²) in [5.74, 6) is -2.07. The molecule has 4 nitrogen and oxygen atoms in total. The first-order valence-corrected chi connectivity index (χ1v) is 7.41. The van der Waals surface area contributed by atoms with Crippen LogP contribution in [0.25, 0.3) is 0 Å². The number of nitrogens with one attached hydrogen (secondary N) is 1. The molecule has 0 spiro atoms. The number of aromatic carboxylic acids is 1. The second-order valence-corrected chi connectivity index (χ2v) is 5.87. The minimum atomic E-state index is -1.31. The zero-order chi connectivity index (χ0) is 14.0. The van der Waals surface area contributed by atoms with Crippen LogP contribution in [0.5, 0.6) is 0 Å². The zero-order valence-corrected chi connectivity index (χ0v) is 11.5. The van der Waals surface area contributed by atoms with Gasteiger partial charge in [0.05, 0.1) is 16.9 Å². The molecule has 0 aromatic heterocycles. The second kappa shape index (κ2) is 5.69. The van der Waals surface area contributed by atoms with Crippen LogP contribution in [0.1, 0.15) is 29.6 Å². The minimum absolute atomic E-state index is 0.270. The SMILES string of the molecule is CSC1CCC(Nc2cc(F)c(C(=O)O)cc2N)C1. The Balaban J connectivity index is 2.13. The Labute approximate surface area is 115 Å². The van der Waals surface area contributed by atoms with E-state index >= 15 is 0 Å². The van der Waals surface area contributed by atoms with Crippen LogP contribution < -0.4 is 11.1 Å². The van der Waals surface area contributed by atoms with E-state index in [1.807, 2.05) is 11.8 Å². The Bertz CT molecular complexity index is 496. The number of rotatable bonds is 4. The maximum absolute atomic E-state index is 13.6. The first-order chi connectivity index (χ1) is 9.01. The molecule has 1 aromatic carbocycles. The number of nitrogens with two attached hydrogens (primary N) is 1. The highest BCUT2D eigenvalue weighted by molar-refractivity contribution is 7.99. The first kappa shape index (κ1) is 14.0. The largest absolute Gasteiger partial charge is 0.478 e. The molecular weight excluding hydrogens is 267 g/mol. The lowest BCUT2D eigenvalue weighted by molar-refractivity contribution is 0.0692.